The summed E-state index contributed by atoms with van der Waals surface area (Å²) < 4.78 is 6.24. The Morgan fingerprint density at radius 1 is 1.33 bits per heavy atom. The van der Waals surface area contributed by atoms with E-state index in [2.05, 4.69) is 11.8 Å². The van der Waals surface area contributed by atoms with E-state index in [-0.39, 0.29) is 11.7 Å². The molecule has 18 heavy (non-hydrogen) atoms. The second-order valence-corrected chi connectivity index (χ2v) is 5.48. The number of ether oxygens (including phenoxy) is 1. The molecule has 2 aliphatic rings. The molecule has 1 atom stereocenters. The molecule has 1 N–H and O–H groups in total. The first-order chi connectivity index (χ1) is 8.72. The van der Waals surface area contributed by atoms with Crippen molar-refractivity contribution in [3.05, 3.63) is 29.8 Å². The Morgan fingerprint density at radius 3 is 2.78 bits per heavy atom. The van der Waals surface area contributed by atoms with E-state index >= 15 is 0 Å². The highest BCUT2D eigenvalue weighted by Gasteiger charge is 2.42. The molecule has 1 saturated heterocycles. The van der Waals surface area contributed by atoms with Gasteiger partial charge in [0.2, 0.25) is 0 Å². The third kappa shape index (κ3) is 2.02. The summed E-state index contributed by atoms with van der Waals surface area (Å²) in [6.45, 7) is 5.45. The molecule has 3 nitrogen and oxygen atoms in total. The van der Waals surface area contributed by atoms with Crippen LogP contribution in [0.15, 0.2) is 24.3 Å². The summed E-state index contributed by atoms with van der Waals surface area (Å²) in [5.74, 6) is 0.876. The maximum Gasteiger partial charge on any atom is 0.125 e. The molecule has 0 aromatic heterocycles. The third-order valence-corrected chi connectivity index (χ3v) is 4.38. The quantitative estimate of drug-likeness (QED) is 0.827. The summed E-state index contributed by atoms with van der Waals surface area (Å²) in [7, 11) is 0. The minimum absolute atomic E-state index is 0.139. The van der Waals surface area contributed by atoms with Crippen molar-refractivity contribution in [3.63, 3.8) is 0 Å². The van der Waals surface area contributed by atoms with Crippen molar-refractivity contribution in [2.24, 2.45) is 0 Å². The van der Waals surface area contributed by atoms with Crippen molar-refractivity contribution in [2.45, 2.75) is 37.9 Å². The SMILES string of the molecule is CCN1CCC2(CC1)C[C@@H](O)c1ccccc1O2. The lowest BCUT2D eigenvalue weighted by molar-refractivity contribution is -0.0531. The molecule has 1 aromatic rings. The lowest BCUT2D eigenvalue weighted by atomic mass is 9.82. The number of para-hydroxylation sites is 1. The van der Waals surface area contributed by atoms with Crippen LogP contribution in [0.2, 0.25) is 0 Å². The fraction of sp³-hybridized carbons (Fsp3) is 0.600. The van der Waals surface area contributed by atoms with Crippen molar-refractivity contribution < 1.29 is 9.84 Å². The second-order valence-electron chi connectivity index (χ2n) is 5.48. The number of rotatable bonds is 1. The number of aliphatic hydroxyl groups excluding tert-OH is 1. The Bertz CT molecular complexity index is 424. The van der Waals surface area contributed by atoms with E-state index in [1.165, 1.54) is 0 Å². The summed E-state index contributed by atoms with van der Waals surface area (Å²) in [5, 5.41) is 10.3. The largest absolute Gasteiger partial charge is 0.487 e. The van der Waals surface area contributed by atoms with Crippen LogP contribution in [0.1, 0.15) is 37.9 Å². The molecule has 0 saturated carbocycles. The summed E-state index contributed by atoms with van der Waals surface area (Å²) in [6.07, 6.45) is 2.41. The molecule has 3 heteroatoms. The molecule has 1 spiro atoms. The zero-order valence-electron chi connectivity index (χ0n) is 10.9. The van der Waals surface area contributed by atoms with Crippen molar-refractivity contribution in [1.29, 1.82) is 0 Å². The first-order valence-electron chi connectivity index (χ1n) is 6.91. The Labute approximate surface area is 108 Å². The van der Waals surface area contributed by atoms with E-state index in [4.69, 9.17) is 4.74 Å². The van der Waals surface area contributed by atoms with Crippen molar-refractivity contribution in [3.8, 4) is 5.75 Å². The fourth-order valence-electron chi connectivity index (χ4n) is 3.17. The number of likely N-dealkylation sites (tertiary alicyclic amines) is 1. The van der Waals surface area contributed by atoms with E-state index in [0.717, 1.165) is 50.2 Å². The molecule has 98 valence electrons. The van der Waals surface area contributed by atoms with Crippen molar-refractivity contribution in [1.82, 2.24) is 4.90 Å². The summed E-state index contributed by atoms with van der Waals surface area (Å²) >= 11 is 0. The van der Waals surface area contributed by atoms with E-state index in [1.54, 1.807) is 0 Å². The summed E-state index contributed by atoms with van der Waals surface area (Å²) in [4.78, 5) is 2.45. The molecular weight excluding hydrogens is 226 g/mol. The van der Waals surface area contributed by atoms with E-state index in [0.29, 0.717) is 0 Å². The maximum atomic E-state index is 10.3. The Kier molecular flexibility index (Phi) is 3.04. The van der Waals surface area contributed by atoms with Crippen LogP contribution in [-0.4, -0.2) is 35.2 Å². The molecule has 0 unspecified atom stereocenters. The monoisotopic (exact) mass is 247 g/mol. The van der Waals surface area contributed by atoms with Crippen LogP contribution in [0.25, 0.3) is 0 Å². The Morgan fingerprint density at radius 2 is 2.06 bits per heavy atom. The predicted molar refractivity (Wildman–Crippen MR) is 70.7 cm³/mol. The van der Waals surface area contributed by atoms with Crippen LogP contribution in [-0.2, 0) is 0 Å². The van der Waals surface area contributed by atoms with Gasteiger partial charge < -0.3 is 14.7 Å². The number of aliphatic hydroxyl groups is 1. The lowest BCUT2D eigenvalue weighted by Crippen LogP contribution is -2.50. The molecule has 2 heterocycles. The zero-order valence-corrected chi connectivity index (χ0v) is 10.9. The van der Waals surface area contributed by atoms with Gasteiger partial charge in [0, 0.05) is 25.1 Å². The smallest absolute Gasteiger partial charge is 0.125 e. The normalized spacial score (nSPS) is 26.7. The molecule has 0 bridgehead atoms. The topological polar surface area (TPSA) is 32.7 Å². The Hall–Kier alpha value is -1.06. The minimum Gasteiger partial charge on any atom is -0.487 e. The van der Waals surface area contributed by atoms with Gasteiger partial charge in [-0.15, -0.1) is 0 Å². The van der Waals surface area contributed by atoms with Gasteiger partial charge in [-0.3, -0.25) is 0 Å². The lowest BCUT2D eigenvalue weighted by Gasteiger charge is -2.45. The highest BCUT2D eigenvalue weighted by molar-refractivity contribution is 5.38. The van der Waals surface area contributed by atoms with Crippen LogP contribution in [0.5, 0.6) is 5.75 Å². The highest BCUT2D eigenvalue weighted by atomic mass is 16.5. The first kappa shape index (κ1) is 12.0. The van der Waals surface area contributed by atoms with E-state index in [1.807, 2.05) is 24.3 Å². The van der Waals surface area contributed by atoms with Crippen LogP contribution < -0.4 is 4.74 Å². The van der Waals surface area contributed by atoms with Crippen LogP contribution >= 0.6 is 0 Å². The van der Waals surface area contributed by atoms with Gasteiger partial charge in [-0.1, -0.05) is 25.1 Å². The molecule has 1 aromatic carbocycles. The van der Waals surface area contributed by atoms with Crippen molar-refractivity contribution in [2.75, 3.05) is 19.6 Å². The van der Waals surface area contributed by atoms with E-state index in [9.17, 15) is 5.11 Å². The average molecular weight is 247 g/mol. The zero-order chi connectivity index (χ0) is 12.6. The fourth-order valence-corrected chi connectivity index (χ4v) is 3.17. The number of nitrogens with zero attached hydrogens (tertiary/aromatic N) is 1. The van der Waals surface area contributed by atoms with Crippen molar-refractivity contribution >= 4 is 0 Å². The molecular formula is C15H21NO2. The number of fused-ring (bicyclic) bond motifs is 1. The maximum absolute atomic E-state index is 10.3. The average Bonchev–Trinajstić information content (AvgIpc) is 2.40. The van der Waals surface area contributed by atoms with Crippen LogP contribution in [0.4, 0.5) is 0 Å². The first-order valence-corrected chi connectivity index (χ1v) is 6.91. The number of hydrogen-bond acceptors (Lipinski definition) is 3. The van der Waals surface area contributed by atoms with Gasteiger partial charge in [0.15, 0.2) is 0 Å². The van der Waals surface area contributed by atoms with Gasteiger partial charge in [0.1, 0.15) is 11.4 Å². The van der Waals surface area contributed by atoms with Gasteiger partial charge in [0.25, 0.3) is 0 Å². The Balaban J connectivity index is 1.81. The number of piperidine rings is 1. The van der Waals surface area contributed by atoms with Crippen LogP contribution in [0.3, 0.4) is 0 Å². The van der Waals surface area contributed by atoms with Gasteiger partial charge in [-0.25, -0.2) is 0 Å². The van der Waals surface area contributed by atoms with Gasteiger partial charge in [-0.05, 0) is 25.5 Å². The third-order valence-electron chi connectivity index (χ3n) is 4.38. The molecule has 0 aliphatic carbocycles. The summed E-state index contributed by atoms with van der Waals surface area (Å²) in [6, 6.07) is 7.88. The molecule has 1 fully saturated rings. The minimum atomic E-state index is -0.372. The van der Waals surface area contributed by atoms with Gasteiger partial charge in [0.05, 0.1) is 6.10 Å². The second kappa shape index (κ2) is 4.56. The molecule has 3 rings (SSSR count). The molecule has 2 aliphatic heterocycles. The standard InChI is InChI=1S/C15H21NO2/c1-2-16-9-7-15(8-10-16)11-13(17)12-5-3-4-6-14(12)18-15/h3-6,13,17H,2,7-11H2,1H3/t13-/m1/s1. The summed E-state index contributed by atoms with van der Waals surface area (Å²) in [5.41, 5.74) is 0.806. The van der Waals surface area contributed by atoms with E-state index < -0.39 is 0 Å². The molecule has 0 amide bonds. The highest BCUT2D eigenvalue weighted by Crippen LogP contribution is 2.43. The predicted octanol–water partition coefficient (Wildman–Crippen LogP) is 2.36. The van der Waals surface area contributed by atoms with Gasteiger partial charge >= 0.3 is 0 Å². The van der Waals surface area contributed by atoms with Gasteiger partial charge in [-0.2, -0.15) is 0 Å². The number of benzene rings is 1. The molecule has 0 radical (unpaired) electrons. The van der Waals surface area contributed by atoms with Crippen LogP contribution in [0, 0.1) is 0 Å². The number of hydrogen-bond donors (Lipinski definition) is 1.